The largest absolute Gasteiger partial charge is 0.467 e. The van der Waals surface area contributed by atoms with E-state index < -0.39 is 23.7 Å². The second-order valence-electron chi connectivity index (χ2n) is 5.86. The molecule has 1 N–H and O–H groups in total. The third-order valence-electron chi connectivity index (χ3n) is 2.64. The first-order chi connectivity index (χ1) is 10.7. The highest BCUT2D eigenvalue weighted by molar-refractivity contribution is 9.10. The molecule has 1 rings (SSSR count). The van der Waals surface area contributed by atoms with Gasteiger partial charge in [0, 0.05) is 4.47 Å². The van der Waals surface area contributed by atoms with E-state index in [1.807, 2.05) is 24.3 Å². The van der Waals surface area contributed by atoms with Crippen LogP contribution in [-0.2, 0) is 25.6 Å². The smallest absolute Gasteiger partial charge is 0.408 e. The van der Waals surface area contributed by atoms with Gasteiger partial charge in [-0.1, -0.05) is 28.1 Å². The average molecular weight is 388 g/mol. The molecule has 0 radical (unpaired) electrons. The molecule has 1 atom stereocenters. The summed E-state index contributed by atoms with van der Waals surface area (Å²) in [4.78, 5) is 23.5. The van der Waals surface area contributed by atoms with Crippen molar-refractivity contribution in [2.45, 2.75) is 39.0 Å². The first-order valence-corrected chi connectivity index (χ1v) is 7.90. The number of nitrogens with one attached hydrogen (secondary N) is 1. The molecular formula is C16H22BrNO5. The average Bonchev–Trinajstić information content (AvgIpc) is 2.45. The van der Waals surface area contributed by atoms with Crippen molar-refractivity contribution in [1.82, 2.24) is 5.32 Å². The molecule has 128 valence electrons. The maximum Gasteiger partial charge on any atom is 0.408 e. The first kappa shape index (κ1) is 19.4. The third-order valence-corrected chi connectivity index (χ3v) is 3.17. The normalized spacial score (nSPS) is 12.4. The van der Waals surface area contributed by atoms with Crippen molar-refractivity contribution in [3.05, 3.63) is 34.3 Å². The van der Waals surface area contributed by atoms with Gasteiger partial charge >= 0.3 is 12.1 Å². The standard InChI is InChI=1S/C16H22BrNO5/c1-16(2,3)23-15(20)18-13(14(19)21-4)10-22-9-11-5-7-12(17)8-6-11/h5-8,13H,9-10H2,1-4H3,(H,18,20). The van der Waals surface area contributed by atoms with Crippen molar-refractivity contribution in [2.75, 3.05) is 13.7 Å². The van der Waals surface area contributed by atoms with Gasteiger partial charge in [0.1, 0.15) is 5.60 Å². The molecule has 0 heterocycles. The maximum atomic E-state index is 11.8. The number of methoxy groups -OCH3 is 1. The monoisotopic (exact) mass is 387 g/mol. The van der Waals surface area contributed by atoms with E-state index in [-0.39, 0.29) is 6.61 Å². The topological polar surface area (TPSA) is 73.9 Å². The zero-order valence-corrected chi connectivity index (χ0v) is 15.3. The molecule has 23 heavy (non-hydrogen) atoms. The van der Waals surface area contributed by atoms with Crippen LogP contribution in [0.1, 0.15) is 26.3 Å². The second-order valence-corrected chi connectivity index (χ2v) is 6.78. The SMILES string of the molecule is COC(=O)C(COCc1ccc(Br)cc1)NC(=O)OC(C)(C)C. The summed E-state index contributed by atoms with van der Waals surface area (Å²) in [6.45, 7) is 5.52. The number of alkyl carbamates (subject to hydrolysis) is 1. The number of benzene rings is 1. The minimum absolute atomic E-state index is 0.0119. The van der Waals surface area contributed by atoms with Crippen LogP contribution in [-0.4, -0.2) is 37.4 Å². The molecule has 0 aliphatic carbocycles. The van der Waals surface area contributed by atoms with Crippen molar-refractivity contribution in [1.29, 1.82) is 0 Å². The lowest BCUT2D eigenvalue weighted by atomic mass is 10.2. The number of hydrogen-bond acceptors (Lipinski definition) is 5. The van der Waals surface area contributed by atoms with Gasteiger partial charge in [-0.3, -0.25) is 0 Å². The van der Waals surface area contributed by atoms with Crippen LogP contribution in [0.3, 0.4) is 0 Å². The molecule has 0 aliphatic rings. The van der Waals surface area contributed by atoms with E-state index in [2.05, 4.69) is 26.0 Å². The van der Waals surface area contributed by atoms with Crippen molar-refractivity contribution in [3.63, 3.8) is 0 Å². The minimum atomic E-state index is -0.926. The van der Waals surface area contributed by atoms with Crippen LogP contribution in [0.4, 0.5) is 4.79 Å². The summed E-state index contributed by atoms with van der Waals surface area (Å²) in [6, 6.07) is 6.67. The Morgan fingerprint density at radius 1 is 1.22 bits per heavy atom. The predicted molar refractivity (Wildman–Crippen MR) is 89.0 cm³/mol. The van der Waals surface area contributed by atoms with E-state index in [9.17, 15) is 9.59 Å². The molecule has 1 amide bonds. The fourth-order valence-corrected chi connectivity index (χ4v) is 1.90. The number of carbonyl (C=O) groups is 2. The zero-order chi connectivity index (χ0) is 17.5. The number of amides is 1. The number of ether oxygens (including phenoxy) is 3. The van der Waals surface area contributed by atoms with Crippen molar-refractivity contribution in [3.8, 4) is 0 Å². The highest BCUT2D eigenvalue weighted by Gasteiger charge is 2.25. The predicted octanol–water partition coefficient (Wildman–Crippen LogP) is 3.03. The van der Waals surface area contributed by atoms with Gasteiger partial charge in [-0.2, -0.15) is 0 Å². The van der Waals surface area contributed by atoms with Crippen LogP contribution in [0.5, 0.6) is 0 Å². The Morgan fingerprint density at radius 3 is 2.35 bits per heavy atom. The van der Waals surface area contributed by atoms with Crippen LogP contribution in [0, 0.1) is 0 Å². The summed E-state index contributed by atoms with van der Waals surface area (Å²) >= 11 is 3.35. The molecule has 0 aliphatic heterocycles. The quantitative estimate of drug-likeness (QED) is 0.759. The van der Waals surface area contributed by atoms with Gasteiger partial charge in [0.15, 0.2) is 6.04 Å². The molecule has 1 aromatic rings. The summed E-state index contributed by atoms with van der Waals surface area (Å²) in [5, 5.41) is 2.45. The maximum absolute atomic E-state index is 11.8. The second kappa shape index (κ2) is 8.88. The van der Waals surface area contributed by atoms with Gasteiger partial charge < -0.3 is 19.5 Å². The lowest BCUT2D eigenvalue weighted by Gasteiger charge is -2.22. The molecule has 6 nitrogen and oxygen atoms in total. The molecule has 0 aromatic heterocycles. The molecule has 0 spiro atoms. The summed E-state index contributed by atoms with van der Waals surface area (Å²) in [6.07, 6.45) is -0.694. The Hall–Kier alpha value is -1.60. The number of hydrogen-bond donors (Lipinski definition) is 1. The Labute approximate surface area is 144 Å². The molecule has 7 heteroatoms. The highest BCUT2D eigenvalue weighted by atomic mass is 79.9. The lowest BCUT2D eigenvalue weighted by Crippen LogP contribution is -2.46. The van der Waals surface area contributed by atoms with Gasteiger partial charge in [-0.25, -0.2) is 9.59 Å². The van der Waals surface area contributed by atoms with Crippen LogP contribution in [0.25, 0.3) is 0 Å². The zero-order valence-electron chi connectivity index (χ0n) is 13.7. The summed E-state index contributed by atoms with van der Waals surface area (Å²) in [5.41, 5.74) is 0.303. The Balaban J connectivity index is 2.52. The summed E-state index contributed by atoms with van der Waals surface area (Å²) < 4.78 is 16.3. The van der Waals surface area contributed by atoms with Gasteiger partial charge in [-0.05, 0) is 38.5 Å². The molecule has 0 bridgehead atoms. The number of halogens is 1. The van der Waals surface area contributed by atoms with Crippen molar-refractivity contribution >= 4 is 28.0 Å². The third kappa shape index (κ3) is 7.99. The number of carbonyl (C=O) groups excluding carboxylic acids is 2. The van der Waals surface area contributed by atoms with Crippen LogP contribution in [0.2, 0.25) is 0 Å². The fraction of sp³-hybridized carbons (Fsp3) is 0.500. The van der Waals surface area contributed by atoms with E-state index in [1.165, 1.54) is 7.11 Å². The van der Waals surface area contributed by atoms with Gasteiger partial charge in [0.25, 0.3) is 0 Å². The lowest BCUT2D eigenvalue weighted by molar-refractivity contribution is -0.145. The van der Waals surface area contributed by atoms with Crippen LogP contribution < -0.4 is 5.32 Å². The Kier molecular flexibility index (Phi) is 7.51. The highest BCUT2D eigenvalue weighted by Crippen LogP contribution is 2.11. The molecule has 0 saturated heterocycles. The van der Waals surface area contributed by atoms with Gasteiger partial charge in [0.2, 0.25) is 0 Å². The molecule has 1 unspecified atom stereocenters. The van der Waals surface area contributed by atoms with Crippen LogP contribution >= 0.6 is 15.9 Å². The first-order valence-electron chi connectivity index (χ1n) is 7.11. The van der Waals surface area contributed by atoms with Crippen molar-refractivity contribution < 1.29 is 23.8 Å². The van der Waals surface area contributed by atoms with Crippen LogP contribution in [0.15, 0.2) is 28.7 Å². The molecule has 0 saturated carbocycles. The van der Waals surface area contributed by atoms with Gasteiger partial charge in [-0.15, -0.1) is 0 Å². The van der Waals surface area contributed by atoms with E-state index >= 15 is 0 Å². The number of rotatable bonds is 6. The molecule has 0 fully saturated rings. The van der Waals surface area contributed by atoms with E-state index in [0.717, 1.165) is 10.0 Å². The summed E-state index contributed by atoms with van der Waals surface area (Å²) in [5.74, 6) is -0.591. The molecular weight excluding hydrogens is 366 g/mol. The van der Waals surface area contributed by atoms with Gasteiger partial charge in [0.05, 0.1) is 20.3 Å². The molecule has 1 aromatic carbocycles. The fourth-order valence-electron chi connectivity index (χ4n) is 1.64. The summed E-state index contributed by atoms with van der Waals surface area (Å²) in [7, 11) is 1.25. The Bertz CT molecular complexity index is 524. The Morgan fingerprint density at radius 2 is 1.83 bits per heavy atom. The van der Waals surface area contributed by atoms with E-state index in [0.29, 0.717) is 6.61 Å². The minimum Gasteiger partial charge on any atom is -0.467 e. The van der Waals surface area contributed by atoms with E-state index in [1.54, 1.807) is 20.8 Å². The number of esters is 1. The van der Waals surface area contributed by atoms with E-state index in [4.69, 9.17) is 9.47 Å². The van der Waals surface area contributed by atoms with Crippen molar-refractivity contribution in [2.24, 2.45) is 0 Å².